The molecule has 1 heterocycles. The van der Waals surface area contributed by atoms with E-state index in [0.29, 0.717) is 12.2 Å². The molecule has 2 unspecified atom stereocenters. The predicted octanol–water partition coefficient (Wildman–Crippen LogP) is 2.93. The van der Waals surface area contributed by atoms with E-state index in [2.05, 4.69) is 13.0 Å². The molecule has 0 aromatic heterocycles. The van der Waals surface area contributed by atoms with Crippen LogP contribution < -0.4 is 5.73 Å². The summed E-state index contributed by atoms with van der Waals surface area (Å²) >= 11 is 1.80. The summed E-state index contributed by atoms with van der Waals surface area (Å²) in [7, 11) is 0. The van der Waals surface area contributed by atoms with E-state index in [4.69, 9.17) is 10.5 Å². The van der Waals surface area contributed by atoms with Crippen molar-refractivity contribution in [3.05, 3.63) is 24.3 Å². The molecule has 1 aromatic rings. The number of thioether (sulfide) groups is 1. The minimum absolute atomic E-state index is 0.407. The Kier molecular flexibility index (Phi) is 3.54. The molecule has 82 valence electrons. The van der Waals surface area contributed by atoms with Gasteiger partial charge in [-0.2, -0.15) is 0 Å². The Morgan fingerprint density at radius 3 is 2.87 bits per heavy atom. The Hall–Kier alpha value is -0.670. The molecule has 15 heavy (non-hydrogen) atoms. The van der Waals surface area contributed by atoms with Gasteiger partial charge in [0.25, 0.3) is 0 Å². The van der Waals surface area contributed by atoms with E-state index in [1.807, 2.05) is 18.2 Å². The Balaban J connectivity index is 1.86. The zero-order valence-electron chi connectivity index (χ0n) is 8.98. The van der Waals surface area contributed by atoms with Gasteiger partial charge in [0.05, 0.1) is 12.2 Å². The SMILES string of the molecule is CC1CCC(CSc2ccccc2N)O1. The molecule has 2 rings (SSSR count). The second-order valence-electron chi connectivity index (χ2n) is 3.99. The van der Waals surface area contributed by atoms with Gasteiger partial charge in [-0.1, -0.05) is 12.1 Å². The summed E-state index contributed by atoms with van der Waals surface area (Å²) in [5.41, 5.74) is 6.74. The molecule has 1 fully saturated rings. The van der Waals surface area contributed by atoms with E-state index in [0.717, 1.165) is 11.4 Å². The van der Waals surface area contributed by atoms with Crippen LogP contribution in [0.2, 0.25) is 0 Å². The Labute approximate surface area is 95.2 Å². The van der Waals surface area contributed by atoms with Crippen LogP contribution >= 0.6 is 11.8 Å². The van der Waals surface area contributed by atoms with Crippen LogP contribution in [0, 0.1) is 0 Å². The lowest BCUT2D eigenvalue weighted by molar-refractivity contribution is 0.0700. The van der Waals surface area contributed by atoms with Gasteiger partial charge in [0, 0.05) is 16.3 Å². The number of para-hydroxylation sites is 1. The number of rotatable bonds is 3. The first-order valence-electron chi connectivity index (χ1n) is 5.38. The zero-order chi connectivity index (χ0) is 10.7. The lowest BCUT2D eigenvalue weighted by Crippen LogP contribution is -2.10. The van der Waals surface area contributed by atoms with Gasteiger partial charge in [-0.25, -0.2) is 0 Å². The minimum Gasteiger partial charge on any atom is -0.398 e. The molecular formula is C12H17NOS. The van der Waals surface area contributed by atoms with E-state index >= 15 is 0 Å². The second kappa shape index (κ2) is 4.90. The molecule has 2 atom stereocenters. The Morgan fingerprint density at radius 1 is 1.40 bits per heavy atom. The maximum Gasteiger partial charge on any atom is 0.0673 e. The molecule has 3 heteroatoms. The fourth-order valence-electron chi connectivity index (χ4n) is 1.80. The van der Waals surface area contributed by atoms with Gasteiger partial charge in [0.1, 0.15) is 0 Å². The molecule has 0 amide bonds. The van der Waals surface area contributed by atoms with Crippen molar-refractivity contribution in [3.8, 4) is 0 Å². The molecular weight excluding hydrogens is 206 g/mol. The average Bonchev–Trinajstić information content (AvgIpc) is 2.63. The molecule has 2 N–H and O–H groups in total. The summed E-state index contributed by atoms with van der Waals surface area (Å²) in [5, 5.41) is 0. The van der Waals surface area contributed by atoms with Crippen molar-refractivity contribution < 1.29 is 4.74 Å². The van der Waals surface area contributed by atoms with E-state index in [-0.39, 0.29) is 0 Å². The van der Waals surface area contributed by atoms with Crippen molar-refractivity contribution in [1.29, 1.82) is 0 Å². The normalized spacial score (nSPS) is 25.7. The first-order valence-corrected chi connectivity index (χ1v) is 6.37. The third-order valence-electron chi connectivity index (χ3n) is 2.66. The van der Waals surface area contributed by atoms with E-state index < -0.39 is 0 Å². The number of nitrogen functional groups attached to an aromatic ring is 1. The third kappa shape index (κ3) is 2.89. The van der Waals surface area contributed by atoms with Crippen LogP contribution in [0.25, 0.3) is 0 Å². The molecule has 1 aliphatic rings. The van der Waals surface area contributed by atoms with E-state index in [1.54, 1.807) is 11.8 Å². The van der Waals surface area contributed by atoms with Gasteiger partial charge in [-0.3, -0.25) is 0 Å². The fraction of sp³-hybridized carbons (Fsp3) is 0.500. The third-order valence-corrected chi connectivity index (χ3v) is 3.88. The predicted molar refractivity (Wildman–Crippen MR) is 65.1 cm³/mol. The largest absolute Gasteiger partial charge is 0.398 e. The molecule has 0 aliphatic carbocycles. The highest BCUT2D eigenvalue weighted by Crippen LogP contribution is 2.29. The number of hydrogen-bond donors (Lipinski definition) is 1. The summed E-state index contributed by atoms with van der Waals surface area (Å²) in [6.45, 7) is 2.14. The Bertz CT molecular complexity index is 329. The van der Waals surface area contributed by atoms with Crippen molar-refractivity contribution in [1.82, 2.24) is 0 Å². The fourth-order valence-corrected chi connectivity index (χ4v) is 2.82. The second-order valence-corrected chi connectivity index (χ2v) is 5.06. The molecule has 1 aliphatic heterocycles. The summed E-state index contributed by atoms with van der Waals surface area (Å²) in [6, 6.07) is 8.00. The molecule has 2 nitrogen and oxygen atoms in total. The van der Waals surface area contributed by atoms with Crippen LogP contribution in [0.15, 0.2) is 29.2 Å². The minimum atomic E-state index is 0.407. The number of anilines is 1. The van der Waals surface area contributed by atoms with E-state index in [9.17, 15) is 0 Å². The van der Waals surface area contributed by atoms with Crippen molar-refractivity contribution in [3.63, 3.8) is 0 Å². The maximum atomic E-state index is 5.87. The molecule has 0 saturated carbocycles. The lowest BCUT2D eigenvalue weighted by atomic mass is 10.2. The summed E-state index contributed by atoms with van der Waals surface area (Å²) < 4.78 is 5.76. The zero-order valence-corrected chi connectivity index (χ0v) is 9.80. The number of hydrogen-bond acceptors (Lipinski definition) is 3. The smallest absolute Gasteiger partial charge is 0.0673 e. The maximum absolute atomic E-state index is 5.87. The summed E-state index contributed by atoms with van der Waals surface area (Å²) in [5.74, 6) is 1.01. The van der Waals surface area contributed by atoms with Gasteiger partial charge in [-0.05, 0) is 31.9 Å². The molecule has 0 radical (unpaired) electrons. The monoisotopic (exact) mass is 223 g/mol. The van der Waals surface area contributed by atoms with Gasteiger partial charge in [0.2, 0.25) is 0 Å². The van der Waals surface area contributed by atoms with Crippen LogP contribution in [0.4, 0.5) is 5.69 Å². The highest BCUT2D eigenvalue weighted by molar-refractivity contribution is 7.99. The summed E-state index contributed by atoms with van der Waals surface area (Å²) in [6.07, 6.45) is 3.21. The van der Waals surface area contributed by atoms with Crippen LogP contribution in [0.3, 0.4) is 0 Å². The van der Waals surface area contributed by atoms with Crippen molar-refractivity contribution in [2.75, 3.05) is 11.5 Å². The Morgan fingerprint density at radius 2 is 2.20 bits per heavy atom. The van der Waals surface area contributed by atoms with Crippen molar-refractivity contribution >= 4 is 17.4 Å². The number of benzene rings is 1. The van der Waals surface area contributed by atoms with Gasteiger partial charge >= 0.3 is 0 Å². The quantitative estimate of drug-likeness (QED) is 0.632. The molecule has 0 spiro atoms. The van der Waals surface area contributed by atoms with Gasteiger partial charge in [-0.15, -0.1) is 11.8 Å². The standard InChI is InChI=1S/C12H17NOS/c1-9-6-7-10(14-9)8-15-12-5-3-2-4-11(12)13/h2-5,9-10H,6-8,13H2,1H3. The average molecular weight is 223 g/mol. The molecule has 0 bridgehead atoms. The highest BCUT2D eigenvalue weighted by Gasteiger charge is 2.21. The highest BCUT2D eigenvalue weighted by atomic mass is 32.2. The van der Waals surface area contributed by atoms with E-state index in [1.165, 1.54) is 17.7 Å². The van der Waals surface area contributed by atoms with Crippen LogP contribution in [0.1, 0.15) is 19.8 Å². The first kappa shape index (κ1) is 10.8. The van der Waals surface area contributed by atoms with Crippen LogP contribution in [0.5, 0.6) is 0 Å². The van der Waals surface area contributed by atoms with Crippen LogP contribution in [-0.4, -0.2) is 18.0 Å². The van der Waals surface area contributed by atoms with Gasteiger partial charge < -0.3 is 10.5 Å². The number of nitrogens with two attached hydrogens (primary N) is 1. The first-order chi connectivity index (χ1) is 7.25. The summed E-state index contributed by atoms with van der Waals surface area (Å²) in [4.78, 5) is 1.17. The van der Waals surface area contributed by atoms with Crippen molar-refractivity contribution in [2.24, 2.45) is 0 Å². The lowest BCUT2D eigenvalue weighted by Gasteiger charge is -2.11. The van der Waals surface area contributed by atoms with Gasteiger partial charge in [0.15, 0.2) is 0 Å². The molecule has 1 saturated heterocycles. The number of ether oxygens (including phenoxy) is 1. The molecule has 1 aromatic carbocycles. The topological polar surface area (TPSA) is 35.2 Å². The van der Waals surface area contributed by atoms with Crippen LogP contribution in [-0.2, 0) is 4.74 Å². The van der Waals surface area contributed by atoms with Crippen molar-refractivity contribution in [2.45, 2.75) is 36.9 Å².